The fourth-order valence-corrected chi connectivity index (χ4v) is 3.94. The third kappa shape index (κ3) is 2.76. The maximum atomic E-state index is 12.8. The highest BCUT2D eigenvalue weighted by Crippen LogP contribution is 2.39. The number of hydrogen-bond acceptors (Lipinski definition) is 4. The Hall–Kier alpha value is -1.43. The van der Waals surface area contributed by atoms with Gasteiger partial charge in [-0.1, -0.05) is 34.6 Å². The first-order valence-electron chi connectivity index (χ1n) is 7.56. The van der Waals surface area contributed by atoms with Crippen molar-refractivity contribution in [2.24, 2.45) is 11.3 Å². The second-order valence-electron chi connectivity index (χ2n) is 7.37. The van der Waals surface area contributed by atoms with Crippen molar-refractivity contribution in [1.29, 1.82) is 0 Å². The van der Waals surface area contributed by atoms with Gasteiger partial charge < -0.3 is 10.0 Å². The third-order valence-electron chi connectivity index (χ3n) is 4.59. The summed E-state index contributed by atoms with van der Waals surface area (Å²) in [4.78, 5) is 31.2. The molecule has 2 rings (SSSR count). The average Bonchev–Trinajstić information content (AvgIpc) is 3.05. The predicted molar refractivity (Wildman–Crippen MR) is 86.2 cm³/mol. The van der Waals surface area contributed by atoms with Crippen molar-refractivity contribution >= 4 is 23.2 Å². The first-order chi connectivity index (χ1) is 10.1. The van der Waals surface area contributed by atoms with Crippen LogP contribution in [0.1, 0.15) is 56.4 Å². The van der Waals surface area contributed by atoms with Crippen molar-refractivity contribution in [2.45, 2.75) is 46.5 Å². The molecule has 1 amide bonds. The van der Waals surface area contributed by atoms with Gasteiger partial charge in [0.25, 0.3) is 5.91 Å². The summed E-state index contributed by atoms with van der Waals surface area (Å²) in [6.07, 6.45) is 0.509. The van der Waals surface area contributed by atoms with Crippen molar-refractivity contribution in [3.05, 3.63) is 16.1 Å². The normalized spacial score (nSPS) is 22.4. The van der Waals surface area contributed by atoms with Crippen LogP contribution in [0.5, 0.6) is 0 Å². The number of carbonyl (C=O) groups excluding carboxylic acids is 1. The summed E-state index contributed by atoms with van der Waals surface area (Å²) in [6.45, 7) is 10.7. The number of nitrogens with zero attached hydrogens (tertiary/aromatic N) is 2. The molecule has 1 aromatic heterocycles. The SMILES string of the molecule is CC(C)C1(C(=O)O)CCN(C(=O)c2scnc2C(C)(C)C)C1. The Kier molecular flexibility index (Phi) is 4.35. The second-order valence-corrected chi connectivity index (χ2v) is 8.23. The van der Waals surface area contributed by atoms with Crippen LogP contribution >= 0.6 is 11.3 Å². The molecule has 1 fully saturated rings. The van der Waals surface area contributed by atoms with Crippen LogP contribution in [-0.4, -0.2) is 40.0 Å². The van der Waals surface area contributed by atoms with Crippen molar-refractivity contribution < 1.29 is 14.7 Å². The third-order valence-corrected chi connectivity index (χ3v) is 5.41. The van der Waals surface area contributed by atoms with E-state index in [2.05, 4.69) is 4.98 Å². The zero-order valence-electron chi connectivity index (χ0n) is 13.8. The Morgan fingerprint density at radius 2 is 2.05 bits per heavy atom. The lowest BCUT2D eigenvalue weighted by Gasteiger charge is -2.28. The maximum Gasteiger partial charge on any atom is 0.311 e. The van der Waals surface area contributed by atoms with E-state index in [4.69, 9.17) is 0 Å². The molecule has 1 N–H and O–H groups in total. The smallest absolute Gasteiger partial charge is 0.311 e. The van der Waals surface area contributed by atoms with Crippen LogP contribution in [0, 0.1) is 11.3 Å². The number of rotatable bonds is 3. The van der Waals surface area contributed by atoms with Gasteiger partial charge in [-0.3, -0.25) is 9.59 Å². The standard InChI is InChI=1S/C16H24N2O3S/c1-10(2)16(14(20)21)6-7-18(8-16)13(19)11-12(15(3,4)5)17-9-22-11/h9-10H,6-8H2,1-5H3,(H,20,21). The lowest BCUT2D eigenvalue weighted by atomic mass is 9.76. The molecule has 22 heavy (non-hydrogen) atoms. The molecule has 0 bridgehead atoms. The maximum absolute atomic E-state index is 12.8. The quantitative estimate of drug-likeness (QED) is 0.928. The molecule has 0 spiro atoms. The van der Waals surface area contributed by atoms with Gasteiger partial charge in [-0.2, -0.15) is 0 Å². The number of hydrogen-bond donors (Lipinski definition) is 1. The molecular formula is C16H24N2O3S. The second kappa shape index (κ2) is 5.65. The Bertz CT molecular complexity index is 588. The van der Waals surface area contributed by atoms with E-state index in [-0.39, 0.29) is 23.8 Å². The summed E-state index contributed by atoms with van der Waals surface area (Å²) < 4.78 is 0. The van der Waals surface area contributed by atoms with Crippen LogP contribution < -0.4 is 0 Å². The molecule has 2 heterocycles. The van der Waals surface area contributed by atoms with Crippen LogP contribution in [-0.2, 0) is 10.2 Å². The van der Waals surface area contributed by atoms with Gasteiger partial charge in [0.1, 0.15) is 4.88 Å². The number of likely N-dealkylation sites (tertiary alicyclic amines) is 1. The monoisotopic (exact) mass is 324 g/mol. The van der Waals surface area contributed by atoms with Gasteiger partial charge in [0.2, 0.25) is 0 Å². The minimum absolute atomic E-state index is 0.00801. The van der Waals surface area contributed by atoms with Crippen molar-refractivity contribution in [3.8, 4) is 0 Å². The highest BCUT2D eigenvalue weighted by Gasteiger charge is 2.49. The molecule has 1 saturated heterocycles. The fraction of sp³-hybridized carbons (Fsp3) is 0.688. The predicted octanol–water partition coefficient (Wildman–Crippen LogP) is 3.01. The molecule has 0 saturated carbocycles. The molecule has 1 atom stereocenters. The molecule has 0 aliphatic carbocycles. The Balaban J connectivity index is 2.27. The summed E-state index contributed by atoms with van der Waals surface area (Å²) >= 11 is 1.34. The molecular weight excluding hydrogens is 300 g/mol. The van der Waals surface area contributed by atoms with Crippen LogP contribution in [0.2, 0.25) is 0 Å². The van der Waals surface area contributed by atoms with E-state index in [1.807, 2.05) is 34.6 Å². The molecule has 1 aliphatic rings. The molecule has 1 aliphatic heterocycles. The Morgan fingerprint density at radius 3 is 2.50 bits per heavy atom. The number of carbonyl (C=O) groups is 2. The van der Waals surface area contributed by atoms with Gasteiger partial charge >= 0.3 is 5.97 Å². The topological polar surface area (TPSA) is 70.5 Å². The van der Waals surface area contributed by atoms with Gasteiger partial charge in [0.05, 0.1) is 16.6 Å². The number of aromatic nitrogens is 1. The summed E-state index contributed by atoms with van der Waals surface area (Å²) in [6, 6.07) is 0. The minimum atomic E-state index is -0.831. The number of aliphatic carboxylic acids is 1. The van der Waals surface area contributed by atoms with E-state index in [1.165, 1.54) is 11.3 Å². The highest BCUT2D eigenvalue weighted by atomic mass is 32.1. The van der Waals surface area contributed by atoms with E-state index in [0.29, 0.717) is 17.8 Å². The largest absolute Gasteiger partial charge is 0.481 e. The van der Waals surface area contributed by atoms with Crippen molar-refractivity contribution in [3.63, 3.8) is 0 Å². The van der Waals surface area contributed by atoms with Crippen LogP contribution in [0.25, 0.3) is 0 Å². The number of amides is 1. The van der Waals surface area contributed by atoms with Gasteiger partial charge in [0.15, 0.2) is 0 Å². The molecule has 122 valence electrons. The summed E-state index contributed by atoms with van der Waals surface area (Å²) in [5, 5.41) is 9.60. The van der Waals surface area contributed by atoms with Crippen molar-refractivity contribution in [2.75, 3.05) is 13.1 Å². The highest BCUT2D eigenvalue weighted by molar-refractivity contribution is 7.11. The fourth-order valence-electron chi connectivity index (χ4n) is 2.98. The van der Waals surface area contributed by atoms with E-state index < -0.39 is 11.4 Å². The lowest BCUT2D eigenvalue weighted by molar-refractivity contribution is -0.150. The van der Waals surface area contributed by atoms with E-state index >= 15 is 0 Å². The van der Waals surface area contributed by atoms with Gasteiger partial charge in [-0.25, -0.2) is 4.98 Å². The number of thiazole rings is 1. The van der Waals surface area contributed by atoms with Crippen LogP contribution in [0.4, 0.5) is 0 Å². The first kappa shape index (κ1) is 16.9. The Labute approximate surface area is 135 Å². The lowest BCUT2D eigenvalue weighted by Crippen LogP contribution is -2.40. The summed E-state index contributed by atoms with van der Waals surface area (Å²) in [5.74, 6) is -0.902. The summed E-state index contributed by atoms with van der Waals surface area (Å²) in [5.41, 5.74) is 1.45. The zero-order valence-corrected chi connectivity index (χ0v) is 14.7. The minimum Gasteiger partial charge on any atom is -0.481 e. The van der Waals surface area contributed by atoms with Crippen molar-refractivity contribution in [1.82, 2.24) is 9.88 Å². The Morgan fingerprint density at radius 1 is 1.41 bits per heavy atom. The number of carboxylic acids is 1. The molecule has 1 aromatic rings. The zero-order chi connectivity index (χ0) is 16.7. The van der Waals surface area contributed by atoms with Crippen LogP contribution in [0.15, 0.2) is 5.51 Å². The molecule has 0 radical (unpaired) electrons. The average molecular weight is 324 g/mol. The molecule has 6 heteroatoms. The van der Waals surface area contributed by atoms with E-state index in [1.54, 1.807) is 10.4 Å². The van der Waals surface area contributed by atoms with Crippen LogP contribution in [0.3, 0.4) is 0 Å². The van der Waals surface area contributed by atoms with Gasteiger partial charge in [0, 0.05) is 18.5 Å². The number of carboxylic acid groups (broad SMARTS) is 1. The molecule has 0 aromatic carbocycles. The summed E-state index contributed by atoms with van der Waals surface area (Å²) in [7, 11) is 0. The first-order valence-corrected chi connectivity index (χ1v) is 8.44. The van der Waals surface area contributed by atoms with Gasteiger partial charge in [-0.15, -0.1) is 11.3 Å². The molecule has 1 unspecified atom stereocenters. The van der Waals surface area contributed by atoms with E-state index in [0.717, 1.165) is 5.69 Å². The molecule has 5 nitrogen and oxygen atoms in total. The van der Waals surface area contributed by atoms with E-state index in [9.17, 15) is 14.7 Å². The van der Waals surface area contributed by atoms with Gasteiger partial charge in [-0.05, 0) is 12.3 Å².